The zero-order valence-electron chi connectivity index (χ0n) is 25.1. The average molecular weight is 591 g/mol. The first-order valence-electron chi connectivity index (χ1n) is 12.7. The molecular weight excluding hydrogens is 538 g/mol. The third-order valence-electron chi connectivity index (χ3n) is 4.49. The molecule has 1 heterocycles. The number of carbonyl (C=O) groups excluding carboxylic acids is 2. The van der Waals surface area contributed by atoms with Crippen molar-refractivity contribution >= 4 is 27.1 Å². The van der Waals surface area contributed by atoms with Crippen molar-refractivity contribution in [3.63, 3.8) is 0 Å². The Bertz CT molecular complexity index is 771. The van der Waals surface area contributed by atoms with E-state index in [4.69, 9.17) is 24.0 Å². The van der Waals surface area contributed by atoms with Gasteiger partial charge in [0.2, 0.25) is 0 Å². The van der Waals surface area contributed by atoms with Crippen molar-refractivity contribution in [1.29, 1.82) is 0 Å². The van der Waals surface area contributed by atoms with Gasteiger partial charge in [0.05, 0.1) is 25.4 Å². The SMILES string of the molecule is CC(=O)CN(C)P(=O)(OC(C)C)N(C)C.CC(C)O.CC(C)OP(C)(=O)N1CCN(C(=O)OCCO)CC1. The fraction of sp³-hybridized carbons (Fsp3) is 0.913. The highest BCUT2D eigenvalue weighted by Gasteiger charge is 2.34. The molecular formula is C23H52N4O9P2. The molecule has 1 rings (SSSR count). The number of rotatable bonds is 11. The first-order chi connectivity index (χ1) is 17.3. The van der Waals surface area contributed by atoms with E-state index in [0.717, 1.165) is 0 Å². The number of aliphatic hydroxyl groups is 2. The summed E-state index contributed by atoms with van der Waals surface area (Å²) < 4.78 is 45.3. The molecule has 0 aromatic heterocycles. The van der Waals surface area contributed by atoms with E-state index in [9.17, 15) is 18.7 Å². The summed E-state index contributed by atoms with van der Waals surface area (Å²) in [5.74, 6) is -0.0352. The molecule has 1 saturated heterocycles. The third-order valence-corrected chi connectivity index (χ3v) is 9.44. The van der Waals surface area contributed by atoms with Gasteiger partial charge in [-0.25, -0.2) is 18.8 Å². The predicted molar refractivity (Wildman–Crippen MR) is 150 cm³/mol. The topological polar surface area (TPSA) is 149 Å². The number of nitrogens with zero attached hydrogens (tertiary/aromatic N) is 4. The average Bonchev–Trinajstić information content (AvgIpc) is 2.75. The van der Waals surface area contributed by atoms with Gasteiger partial charge >= 0.3 is 13.8 Å². The van der Waals surface area contributed by atoms with Crippen molar-refractivity contribution in [2.45, 2.75) is 66.8 Å². The van der Waals surface area contributed by atoms with Crippen molar-refractivity contribution in [1.82, 2.24) is 18.9 Å². The number of piperazine rings is 1. The van der Waals surface area contributed by atoms with Crippen LogP contribution in [0.25, 0.3) is 0 Å². The fourth-order valence-corrected chi connectivity index (χ4v) is 6.80. The second kappa shape index (κ2) is 19.2. The van der Waals surface area contributed by atoms with Crippen LogP contribution in [0.5, 0.6) is 0 Å². The summed E-state index contributed by atoms with van der Waals surface area (Å²) in [5.41, 5.74) is 0. The molecule has 2 N–H and O–H groups in total. The van der Waals surface area contributed by atoms with E-state index in [2.05, 4.69) is 0 Å². The first kappa shape index (κ1) is 39.3. The Hall–Kier alpha value is -0.880. The van der Waals surface area contributed by atoms with Gasteiger partial charge in [-0.15, -0.1) is 0 Å². The van der Waals surface area contributed by atoms with Crippen LogP contribution in [-0.2, 0) is 27.7 Å². The van der Waals surface area contributed by atoms with Crippen molar-refractivity contribution < 1.29 is 42.7 Å². The molecule has 13 nitrogen and oxygen atoms in total. The lowest BCUT2D eigenvalue weighted by Crippen LogP contribution is -2.47. The molecule has 2 unspecified atom stereocenters. The van der Waals surface area contributed by atoms with Crippen LogP contribution in [-0.4, -0.2) is 133 Å². The van der Waals surface area contributed by atoms with Crippen LogP contribution < -0.4 is 0 Å². The highest BCUT2D eigenvalue weighted by molar-refractivity contribution is 7.55. The van der Waals surface area contributed by atoms with Gasteiger partial charge in [-0.05, 0) is 69.6 Å². The minimum Gasteiger partial charge on any atom is -0.447 e. The summed E-state index contributed by atoms with van der Waals surface area (Å²) in [6, 6.07) is 0. The number of hydrogen-bond donors (Lipinski definition) is 2. The predicted octanol–water partition coefficient (Wildman–Crippen LogP) is 2.97. The summed E-state index contributed by atoms with van der Waals surface area (Å²) in [6.07, 6.45) is -0.847. The number of likely N-dealkylation sites (N-methyl/N-ethyl adjacent to an activating group) is 1. The van der Waals surface area contributed by atoms with Crippen LogP contribution in [0.1, 0.15) is 48.5 Å². The lowest BCUT2D eigenvalue weighted by atomic mass is 10.4. The van der Waals surface area contributed by atoms with E-state index in [1.807, 2.05) is 27.7 Å². The molecule has 0 aliphatic carbocycles. The van der Waals surface area contributed by atoms with Gasteiger partial charge in [0.15, 0.2) is 0 Å². The maximum absolute atomic E-state index is 12.4. The van der Waals surface area contributed by atoms with Crippen LogP contribution >= 0.6 is 15.2 Å². The molecule has 0 aromatic rings. The van der Waals surface area contributed by atoms with Gasteiger partial charge in [-0.1, -0.05) is 0 Å². The quantitative estimate of drug-likeness (QED) is 0.341. The number of carbonyl (C=O) groups is 2. The van der Waals surface area contributed by atoms with Gasteiger partial charge in [0.1, 0.15) is 12.4 Å². The van der Waals surface area contributed by atoms with Gasteiger partial charge in [-0.2, -0.15) is 0 Å². The molecule has 0 bridgehead atoms. The van der Waals surface area contributed by atoms with Gasteiger partial charge in [0.25, 0.3) is 7.52 Å². The van der Waals surface area contributed by atoms with Crippen molar-refractivity contribution in [2.75, 3.05) is 73.7 Å². The number of amides is 1. The molecule has 0 spiro atoms. The summed E-state index contributed by atoms with van der Waals surface area (Å²) >= 11 is 0. The molecule has 0 aromatic carbocycles. The molecule has 1 aliphatic rings. The Kier molecular flexibility index (Phi) is 19.9. The zero-order valence-corrected chi connectivity index (χ0v) is 26.9. The highest BCUT2D eigenvalue weighted by Crippen LogP contribution is 2.52. The Morgan fingerprint density at radius 2 is 1.37 bits per heavy atom. The number of hydrogen-bond acceptors (Lipinski definition) is 9. The molecule has 38 heavy (non-hydrogen) atoms. The van der Waals surface area contributed by atoms with E-state index >= 15 is 0 Å². The van der Waals surface area contributed by atoms with E-state index in [1.165, 1.54) is 16.3 Å². The molecule has 1 fully saturated rings. The molecule has 2 atom stereocenters. The Balaban J connectivity index is 0. The Morgan fingerprint density at radius 1 is 0.921 bits per heavy atom. The molecule has 0 saturated carbocycles. The number of ether oxygens (including phenoxy) is 1. The highest BCUT2D eigenvalue weighted by atomic mass is 31.2. The maximum Gasteiger partial charge on any atom is 0.409 e. The van der Waals surface area contributed by atoms with Gasteiger partial charge in [-0.3, -0.25) is 13.9 Å². The minimum atomic E-state index is -3.05. The van der Waals surface area contributed by atoms with Crippen molar-refractivity contribution in [2.24, 2.45) is 0 Å². The van der Waals surface area contributed by atoms with Gasteiger partial charge in [0, 0.05) is 38.9 Å². The molecule has 228 valence electrons. The normalized spacial score (nSPS) is 17.5. The second-order valence-corrected chi connectivity index (χ2v) is 14.9. The van der Waals surface area contributed by atoms with E-state index in [-0.39, 0.29) is 43.9 Å². The summed E-state index contributed by atoms with van der Waals surface area (Å²) in [7, 11) is -0.844. The minimum absolute atomic E-state index is 0.00176. The number of ketones is 1. The van der Waals surface area contributed by atoms with Crippen molar-refractivity contribution in [3.8, 4) is 0 Å². The lowest BCUT2D eigenvalue weighted by molar-refractivity contribution is -0.117. The van der Waals surface area contributed by atoms with Crippen LogP contribution in [0.3, 0.4) is 0 Å². The summed E-state index contributed by atoms with van der Waals surface area (Å²) in [5, 5.41) is 16.6. The Labute approximate surface area is 229 Å². The van der Waals surface area contributed by atoms with Crippen molar-refractivity contribution in [3.05, 3.63) is 0 Å². The zero-order chi connectivity index (χ0) is 30.3. The second-order valence-electron chi connectivity index (χ2n) is 9.84. The third kappa shape index (κ3) is 16.9. The summed E-state index contributed by atoms with van der Waals surface area (Å²) in [6.45, 7) is 15.7. The van der Waals surface area contributed by atoms with E-state index in [1.54, 1.807) is 51.2 Å². The lowest BCUT2D eigenvalue weighted by Gasteiger charge is -2.37. The van der Waals surface area contributed by atoms with E-state index < -0.39 is 21.3 Å². The smallest absolute Gasteiger partial charge is 0.409 e. The first-order valence-corrected chi connectivity index (χ1v) is 16.2. The number of aliphatic hydroxyl groups excluding tert-OH is 2. The standard InChI is InChI=1S/C11H23N2O5P.C9H21N2O3P.C3H8O/c1-10(2)18-19(3,16)13-6-4-12(5-7-13)11(15)17-9-8-14;1-8(2)14-15(13,10(4)5)11(6)7-9(3)12;1-3(2)4/h10,14H,4-9H2,1-3H3;8H,7H2,1-6H3;3-4H,1-2H3. The molecule has 15 heteroatoms. The fourth-order valence-electron chi connectivity index (χ4n) is 3.09. The van der Waals surface area contributed by atoms with E-state index in [0.29, 0.717) is 26.2 Å². The Morgan fingerprint density at radius 3 is 1.71 bits per heavy atom. The number of Topliss-reactive ketones (excluding diaryl/α,β-unsaturated/α-hetero) is 1. The summed E-state index contributed by atoms with van der Waals surface area (Å²) in [4.78, 5) is 24.1. The van der Waals surface area contributed by atoms with Gasteiger partial charge < -0.3 is 28.9 Å². The van der Waals surface area contributed by atoms with Crippen LogP contribution in [0, 0.1) is 0 Å². The largest absolute Gasteiger partial charge is 0.447 e. The monoisotopic (exact) mass is 590 g/mol. The van der Waals surface area contributed by atoms with Crippen LogP contribution in [0.4, 0.5) is 4.79 Å². The molecule has 1 amide bonds. The molecule has 1 aliphatic heterocycles. The van der Waals surface area contributed by atoms with Crippen LogP contribution in [0.2, 0.25) is 0 Å². The molecule has 0 radical (unpaired) electrons. The van der Waals surface area contributed by atoms with Crippen LogP contribution in [0.15, 0.2) is 0 Å². The maximum atomic E-state index is 12.4.